The summed E-state index contributed by atoms with van der Waals surface area (Å²) in [7, 11) is 1.53. The molecule has 2 aromatic carbocycles. The first-order valence-electron chi connectivity index (χ1n) is 12.2. The first-order chi connectivity index (χ1) is 17.1. The molecule has 0 spiro atoms. The summed E-state index contributed by atoms with van der Waals surface area (Å²) in [5.41, 5.74) is 3.18. The topological polar surface area (TPSA) is 74.2 Å². The van der Waals surface area contributed by atoms with E-state index >= 15 is 0 Å². The van der Waals surface area contributed by atoms with Crippen LogP contribution < -0.4 is 9.47 Å². The molecule has 1 aliphatic heterocycles. The van der Waals surface area contributed by atoms with Gasteiger partial charge in [-0.25, -0.2) is 4.39 Å². The molecule has 7 heteroatoms. The van der Waals surface area contributed by atoms with Crippen LogP contribution in [0.15, 0.2) is 58.7 Å². The Morgan fingerprint density at radius 2 is 1.92 bits per heavy atom. The zero-order valence-electron chi connectivity index (χ0n) is 21.4. The molecule has 0 aromatic heterocycles. The number of carbonyl (C=O) groups is 2. The lowest BCUT2D eigenvalue weighted by molar-refractivity contribution is -0.146. The van der Waals surface area contributed by atoms with Crippen LogP contribution in [-0.2, 0) is 20.9 Å². The first kappa shape index (κ1) is 25.6. The fourth-order valence-electron chi connectivity index (χ4n) is 5.13. The predicted octanol–water partition coefficient (Wildman–Crippen LogP) is 5.79. The zero-order valence-corrected chi connectivity index (χ0v) is 21.4. The lowest BCUT2D eigenvalue weighted by atomic mass is 9.67. The number of ketones is 1. The third-order valence-electron chi connectivity index (χ3n) is 6.67. The van der Waals surface area contributed by atoms with Gasteiger partial charge in [0.15, 0.2) is 17.3 Å². The summed E-state index contributed by atoms with van der Waals surface area (Å²) < 4.78 is 30.5. The summed E-state index contributed by atoms with van der Waals surface area (Å²) in [6.45, 7) is 8.09. The van der Waals surface area contributed by atoms with Crippen LogP contribution in [0.2, 0.25) is 0 Å². The van der Waals surface area contributed by atoms with Gasteiger partial charge in [-0.2, -0.15) is 0 Å². The van der Waals surface area contributed by atoms with E-state index in [1.165, 1.54) is 19.2 Å². The number of hydrogen-bond donors (Lipinski definition) is 0. The fraction of sp³-hybridized carbons (Fsp3) is 0.414. The van der Waals surface area contributed by atoms with Gasteiger partial charge in [-0.15, -0.1) is 0 Å². The van der Waals surface area contributed by atoms with Crippen molar-refractivity contribution in [2.75, 3.05) is 13.7 Å². The van der Waals surface area contributed by atoms with Crippen molar-refractivity contribution in [3.8, 4) is 11.5 Å². The highest BCUT2D eigenvalue weighted by Gasteiger charge is 2.46. The van der Waals surface area contributed by atoms with Crippen molar-refractivity contribution in [2.45, 2.75) is 53.1 Å². The van der Waals surface area contributed by atoms with Crippen LogP contribution >= 0.6 is 0 Å². The van der Waals surface area contributed by atoms with Gasteiger partial charge in [0.05, 0.1) is 13.7 Å². The minimum atomic E-state index is -0.711. The van der Waals surface area contributed by atoms with Crippen LogP contribution in [0.5, 0.6) is 11.5 Å². The third kappa shape index (κ3) is 5.20. The average molecular weight is 494 g/mol. The number of carbonyl (C=O) groups excluding carboxylic acids is 2. The lowest BCUT2D eigenvalue weighted by Crippen LogP contribution is -2.39. The molecule has 1 unspecified atom stereocenters. The molecule has 2 aromatic rings. The van der Waals surface area contributed by atoms with Crippen molar-refractivity contribution in [1.82, 2.24) is 0 Å². The largest absolute Gasteiger partial charge is 0.493 e. The Morgan fingerprint density at radius 1 is 1.14 bits per heavy atom. The molecule has 0 saturated carbocycles. The molecule has 6 nitrogen and oxygen atoms in total. The highest BCUT2D eigenvalue weighted by molar-refractivity contribution is 6.09. The molecule has 0 N–H and O–H groups in total. The Balaban J connectivity index is 1.74. The molecule has 2 atom stereocenters. The summed E-state index contributed by atoms with van der Waals surface area (Å²) in [4.78, 5) is 31.2. The van der Waals surface area contributed by atoms with E-state index in [0.717, 1.165) is 11.3 Å². The van der Waals surface area contributed by atoms with E-state index in [1.54, 1.807) is 31.2 Å². The third-order valence-corrected chi connectivity index (χ3v) is 6.67. The van der Waals surface area contributed by atoms with Gasteiger partial charge in [0.2, 0.25) is 0 Å². The second-order valence-electron chi connectivity index (χ2n) is 10.1. The van der Waals surface area contributed by atoms with Gasteiger partial charge in [-0.3, -0.25) is 14.6 Å². The normalized spacial score (nSPS) is 20.9. The van der Waals surface area contributed by atoms with E-state index in [-0.39, 0.29) is 30.2 Å². The van der Waals surface area contributed by atoms with Crippen molar-refractivity contribution in [3.05, 3.63) is 70.7 Å². The summed E-state index contributed by atoms with van der Waals surface area (Å²) >= 11 is 0. The van der Waals surface area contributed by atoms with Gasteiger partial charge >= 0.3 is 5.97 Å². The second kappa shape index (κ2) is 10.2. The highest BCUT2D eigenvalue weighted by atomic mass is 19.1. The molecule has 1 aliphatic carbocycles. The summed E-state index contributed by atoms with van der Waals surface area (Å²) in [6, 6.07) is 11.6. The minimum Gasteiger partial charge on any atom is -0.493 e. The van der Waals surface area contributed by atoms with Gasteiger partial charge in [0.1, 0.15) is 18.3 Å². The van der Waals surface area contributed by atoms with Crippen LogP contribution in [0.3, 0.4) is 0 Å². The number of rotatable bonds is 7. The van der Waals surface area contributed by atoms with E-state index in [9.17, 15) is 14.0 Å². The van der Waals surface area contributed by atoms with E-state index in [2.05, 4.69) is 13.8 Å². The van der Waals surface area contributed by atoms with Crippen LogP contribution in [0.25, 0.3) is 0 Å². The SMILES string of the molecule is CCOC(=O)C1C(C)=NC2=C(C(=O)CC(C)(C)C2)[C@@H]1c1ccc(OCc2cccc(F)c2)c(OC)c1. The van der Waals surface area contributed by atoms with Gasteiger partial charge in [-0.1, -0.05) is 32.0 Å². The maximum absolute atomic E-state index is 13.5. The van der Waals surface area contributed by atoms with Gasteiger partial charge in [0.25, 0.3) is 0 Å². The number of benzene rings is 2. The van der Waals surface area contributed by atoms with E-state index < -0.39 is 17.8 Å². The molecule has 190 valence electrons. The number of ether oxygens (including phenoxy) is 3. The number of allylic oxidation sites excluding steroid dienone is 2. The molecule has 2 aliphatic rings. The second-order valence-corrected chi connectivity index (χ2v) is 10.1. The lowest BCUT2D eigenvalue weighted by Gasteiger charge is -2.39. The number of methoxy groups -OCH3 is 1. The van der Waals surface area contributed by atoms with Crippen molar-refractivity contribution in [3.63, 3.8) is 0 Å². The zero-order chi connectivity index (χ0) is 26.0. The van der Waals surface area contributed by atoms with Crippen LogP contribution in [0.4, 0.5) is 4.39 Å². The number of hydrogen-bond acceptors (Lipinski definition) is 6. The molecule has 1 heterocycles. The predicted molar refractivity (Wildman–Crippen MR) is 135 cm³/mol. The monoisotopic (exact) mass is 493 g/mol. The maximum atomic E-state index is 13.5. The van der Waals surface area contributed by atoms with Gasteiger partial charge < -0.3 is 14.2 Å². The molecular formula is C29H32FNO5. The van der Waals surface area contributed by atoms with Crippen LogP contribution in [-0.4, -0.2) is 31.2 Å². The molecule has 36 heavy (non-hydrogen) atoms. The Labute approximate surface area is 211 Å². The van der Waals surface area contributed by atoms with Crippen LogP contribution in [0.1, 0.15) is 57.6 Å². The quantitative estimate of drug-likeness (QED) is 0.456. The van der Waals surface area contributed by atoms with Gasteiger partial charge in [0, 0.05) is 29.3 Å². The van der Waals surface area contributed by atoms with Crippen molar-refractivity contribution in [2.24, 2.45) is 16.3 Å². The number of Topliss-reactive ketones (excluding diaryl/α,β-unsaturated/α-hetero) is 1. The Bertz CT molecular complexity index is 1250. The number of nitrogens with zero attached hydrogens (tertiary/aromatic N) is 1. The Kier molecular flexibility index (Phi) is 7.29. The number of halogens is 1. The van der Waals surface area contributed by atoms with Crippen LogP contribution in [0, 0.1) is 17.2 Å². The first-order valence-corrected chi connectivity index (χ1v) is 12.2. The highest BCUT2D eigenvalue weighted by Crippen LogP contribution is 2.49. The fourth-order valence-corrected chi connectivity index (χ4v) is 5.13. The molecule has 0 fully saturated rings. The molecular weight excluding hydrogens is 461 g/mol. The molecule has 0 saturated heterocycles. The smallest absolute Gasteiger partial charge is 0.315 e. The summed E-state index contributed by atoms with van der Waals surface area (Å²) in [5, 5.41) is 0. The van der Waals surface area contributed by atoms with E-state index in [1.807, 2.05) is 13.0 Å². The molecule has 0 amide bonds. The molecule has 0 radical (unpaired) electrons. The summed E-state index contributed by atoms with van der Waals surface area (Å²) in [6.07, 6.45) is 1.04. The van der Waals surface area contributed by atoms with Crippen molar-refractivity contribution < 1.29 is 28.2 Å². The van der Waals surface area contributed by atoms with E-state index in [4.69, 9.17) is 19.2 Å². The standard InChI is InChI=1S/C29H32FNO5/c1-6-35-28(33)25-17(2)31-21-14-29(3,4)15-22(32)27(21)26(25)19-10-11-23(24(13-19)34-5)36-16-18-8-7-9-20(30)12-18/h7-13,25-26H,6,14-16H2,1-5H3/t25?,26-/m1/s1. The molecule has 0 bridgehead atoms. The number of aliphatic imine (C=N–C) groups is 1. The van der Waals surface area contributed by atoms with Crippen molar-refractivity contribution in [1.29, 1.82) is 0 Å². The van der Waals surface area contributed by atoms with E-state index in [0.29, 0.717) is 41.2 Å². The summed E-state index contributed by atoms with van der Waals surface area (Å²) in [5.74, 6) is -1.05. The number of esters is 1. The Morgan fingerprint density at radius 3 is 2.61 bits per heavy atom. The van der Waals surface area contributed by atoms with Gasteiger partial charge in [-0.05, 0) is 61.1 Å². The Hall–Kier alpha value is -3.48. The minimum absolute atomic E-state index is 0.00203. The van der Waals surface area contributed by atoms with Crippen molar-refractivity contribution >= 4 is 17.5 Å². The average Bonchev–Trinajstić information content (AvgIpc) is 2.81. The maximum Gasteiger partial charge on any atom is 0.315 e. The molecule has 4 rings (SSSR count).